The van der Waals surface area contributed by atoms with E-state index in [-0.39, 0.29) is 24.8 Å². The number of terminal acetylenes is 1. The molecule has 0 radical (unpaired) electrons. The van der Waals surface area contributed by atoms with Gasteiger partial charge in [0.2, 0.25) is 0 Å². The number of benzene rings is 1. The van der Waals surface area contributed by atoms with Crippen LogP contribution in [0, 0.1) is 12.3 Å². The Kier molecular flexibility index (Phi) is 6.76. The van der Waals surface area contributed by atoms with Crippen LogP contribution in [0.5, 0.6) is 5.75 Å². The number of Topliss-reactive ketones (excluding diaryl/α,β-unsaturated/α-hetero) is 1. The van der Waals surface area contributed by atoms with Crippen molar-refractivity contribution in [2.45, 2.75) is 13.3 Å². The van der Waals surface area contributed by atoms with Crippen LogP contribution in [-0.4, -0.2) is 36.3 Å². The Morgan fingerprint density at radius 1 is 1.38 bits per heavy atom. The standard InChI is InChI=1S/C17H19NO3/c1-4-11-18(12-5-2)17(20)13-21-15-9-7-14(8-10-15)16(19)6-3/h1,5,7-10H,2,6,11-13H2,3H3. The average Bonchev–Trinajstić information content (AvgIpc) is 2.52. The molecule has 1 rings (SSSR count). The summed E-state index contributed by atoms with van der Waals surface area (Å²) in [4.78, 5) is 24.9. The van der Waals surface area contributed by atoms with Gasteiger partial charge in [0, 0.05) is 18.5 Å². The Labute approximate surface area is 125 Å². The number of nitrogens with zero attached hydrogens (tertiary/aromatic N) is 1. The minimum atomic E-state index is -0.207. The fourth-order valence-electron chi connectivity index (χ4n) is 1.70. The Hall–Kier alpha value is -2.54. The molecular formula is C17H19NO3. The van der Waals surface area contributed by atoms with Crippen molar-refractivity contribution in [2.24, 2.45) is 0 Å². The highest BCUT2D eigenvalue weighted by atomic mass is 16.5. The van der Waals surface area contributed by atoms with Gasteiger partial charge in [0.1, 0.15) is 5.75 Å². The van der Waals surface area contributed by atoms with Gasteiger partial charge in [-0.2, -0.15) is 0 Å². The Morgan fingerprint density at radius 3 is 2.57 bits per heavy atom. The van der Waals surface area contributed by atoms with E-state index in [4.69, 9.17) is 11.2 Å². The van der Waals surface area contributed by atoms with Crippen LogP contribution < -0.4 is 4.74 Å². The summed E-state index contributed by atoms with van der Waals surface area (Å²) in [5.74, 6) is 2.83. The SMILES string of the molecule is C#CCN(CC=C)C(=O)COc1ccc(C(=O)CC)cc1. The monoisotopic (exact) mass is 285 g/mol. The van der Waals surface area contributed by atoms with E-state index in [0.717, 1.165) is 0 Å². The Balaban J connectivity index is 2.58. The number of ketones is 1. The third-order valence-electron chi connectivity index (χ3n) is 2.84. The third-order valence-corrected chi connectivity index (χ3v) is 2.84. The molecule has 0 heterocycles. The number of carbonyl (C=O) groups excluding carboxylic acids is 2. The van der Waals surface area contributed by atoms with Gasteiger partial charge in [0.05, 0.1) is 6.54 Å². The zero-order chi connectivity index (χ0) is 15.7. The highest BCUT2D eigenvalue weighted by Gasteiger charge is 2.11. The van der Waals surface area contributed by atoms with Gasteiger partial charge in [0.15, 0.2) is 12.4 Å². The van der Waals surface area contributed by atoms with E-state index in [1.165, 1.54) is 4.90 Å². The van der Waals surface area contributed by atoms with Crippen molar-refractivity contribution in [1.82, 2.24) is 4.90 Å². The van der Waals surface area contributed by atoms with Gasteiger partial charge in [-0.15, -0.1) is 13.0 Å². The predicted molar refractivity (Wildman–Crippen MR) is 82.2 cm³/mol. The largest absolute Gasteiger partial charge is 0.484 e. The topological polar surface area (TPSA) is 46.6 Å². The molecule has 0 bridgehead atoms. The molecular weight excluding hydrogens is 266 g/mol. The summed E-state index contributed by atoms with van der Waals surface area (Å²) in [5.41, 5.74) is 0.636. The summed E-state index contributed by atoms with van der Waals surface area (Å²) >= 11 is 0. The number of hydrogen-bond acceptors (Lipinski definition) is 3. The van der Waals surface area contributed by atoms with Crippen molar-refractivity contribution in [3.05, 3.63) is 42.5 Å². The molecule has 0 saturated carbocycles. The second-order valence-corrected chi connectivity index (χ2v) is 4.36. The van der Waals surface area contributed by atoms with E-state index in [1.54, 1.807) is 30.3 Å². The van der Waals surface area contributed by atoms with E-state index < -0.39 is 0 Å². The van der Waals surface area contributed by atoms with Gasteiger partial charge >= 0.3 is 0 Å². The van der Waals surface area contributed by atoms with E-state index in [0.29, 0.717) is 24.3 Å². The minimum absolute atomic E-state index is 0.0730. The van der Waals surface area contributed by atoms with E-state index >= 15 is 0 Å². The van der Waals surface area contributed by atoms with Crippen LogP contribution in [0.25, 0.3) is 0 Å². The quantitative estimate of drug-likeness (QED) is 0.418. The fraction of sp³-hybridized carbons (Fsp3) is 0.294. The molecule has 21 heavy (non-hydrogen) atoms. The maximum Gasteiger partial charge on any atom is 0.261 e. The van der Waals surface area contributed by atoms with Crippen LogP contribution >= 0.6 is 0 Å². The Morgan fingerprint density at radius 2 is 2.05 bits per heavy atom. The van der Waals surface area contributed by atoms with Crippen LogP contribution in [0.2, 0.25) is 0 Å². The molecule has 0 aliphatic heterocycles. The van der Waals surface area contributed by atoms with E-state index in [2.05, 4.69) is 12.5 Å². The summed E-state index contributed by atoms with van der Waals surface area (Å²) in [6, 6.07) is 6.73. The molecule has 0 aliphatic carbocycles. The van der Waals surface area contributed by atoms with Gasteiger partial charge in [-0.05, 0) is 24.3 Å². The van der Waals surface area contributed by atoms with Crippen molar-refractivity contribution in [2.75, 3.05) is 19.7 Å². The van der Waals surface area contributed by atoms with Gasteiger partial charge < -0.3 is 9.64 Å². The highest BCUT2D eigenvalue weighted by molar-refractivity contribution is 5.95. The van der Waals surface area contributed by atoms with Gasteiger partial charge in [-0.3, -0.25) is 9.59 Å². The molecule has 4 nitrogen and oxygen atoms in total. The molecule has 0 aromatic heterocycles. The number of rotatable bonds is 8. The zero-order valence-corrected chi connectivity index (χ0v) is 12.2. The molecule has 0 N–H and O–H groups in total. The summed E-state index contributed by atoms with van der Waals surface area (Å²) in [6.45, 7) is 5.90. The second-order valence-electron chi connectivity index (χ2n) is 4.36. The molecule has 1 aromatic carbocycles. The summed E-state index contributed by atoms with van der Waals surface area (Å²) in [7, 11) is 0. The lowest BCUT2D eigenvalue weighted by molar-refractivity contribution is -0.132. The summed E-state index contributed by atoms with van der Waals surface area (Å²) in [6.07, 6.45) is 7.28. The number of ether oxygens (including phenoxy) is 1. The van der Waals surface area contributed by atoms with Crippen molar-refractivity contribution in [3.63, 3.8) is 0 Å². The lowest BCUT2D eigenvalue weighted by Gasteiger charge is -2.18. The number of carbonyl (C=O) groups is 2. The molecule has 0 atom stereocenters. The van der Waals surface area contributed by atoms with Crippen LogP contribution in [-0.2, 0) is 4.79 Å². The van der Waals surface area contributed by atoms with Crippen LogP contribution in [0.15, 0.2) is 36.9 Å². The number of amides is 1. The first-order valence-corrected chi connectivity index (χ1v) is 6.70. The Bertz CT molecular complexity index is 540. The van der Waals surface area contributed by atoms with E-state index in [1.807, 2.05) is 6.92 Å². The maximum atomic E-state index is 11.9. The lowest BCUT2D eigenvalue weighted by atomic mass is 10.1. The average molecular weight is 285 g/mol. The minimum Gasteiger partial charge on any atom is -0.484 e. The normalized spacial score (nSPS) is 9.52. The predicted octanol–water partition coefficient (Wildman–Crippen LogP) is 2.31. The molecule has 0 spiro atoms. The van der Waals surface area contributed by atoms with Crippen molar-refractivity contribution < 1.29 is 14.3 Å². The van der Waals surface area contributed by atoms with Gasteiger partial charge in [-0.1, -0.05) is 18.9 Å². The smallest absolute Gasteiger partial charge is 0.261 e. The molecule has 0 fully saturated rings. The van der Waals surface area contributed by atoms with Crippen molar-refractivity contribution in [3.8, 4) is 18.1 Å². The first kappa shape index (κ1) is 16.5. The molecule has 0 saturated heterocycles. The molecule has 1 amide bonds. The molecule has 0 aliphatic rings. The summed E-state index contributed by atoms with van der Waals surface area (Å²) in [5, 5.41) is 0. The van der Waals surface area contributed by atoms with Crippen molar-refractivity contribution >= 4 is 11.7 Å². The first-order chi connectivity index (χ1) is 10.1. The number of hydrogen-bond donors (Lipinski definition) is 0. The van der Waals surface area contributed by atoms with Gasteiger partial charge in [-0.25, -0.2) is 0 Å². The molecule has 110 valence electrons. The molecule has 0 unspecified atom stereocenters. The highest BCUT2D eigenvalue weighted by Crippen LogP contribution is 2.13. The van der Waals surface area contributed by atoms with E-state index in [9.17, 15) is 9.59 Å². The molecule has 4 heteroatoms. The first-order valence-electron chi connectivity index (χ1n) is 6.70. The van der Waals surface area contributed by atoms with Crippen LogP contribution in [0.1, 0.15) is 23.7 Å². The fourth-order valence-corrected chi connectivity index (χ4v) is 1.70. The van der Waals surface area contributed by atoms with Crippen LogP contribution in [0.3, 0.4) is 0 Å². The second kappa shape index (κ2) is 8.60. The van der Waals surface area contributed by atoms with Crippen molar-refractivity contribution in [1.29, 1.82) is 0 Å². The zero-order valence-electron chi connectivity index (χ0n) is 12.2. The van der Waals surface area contributed by atoms with Gasteiger partial charge in [0.25, 0.3) is 5.91 Å². The lowest BCUT2D eigenvalue weighted by Crippen LogP contribution is -2.35. The van der Waals surface area contributed by atoms with Crippen LogP contribution in [0.4, 0.5) is 0 Å². The summed E-state index contributed by atoms with van der Waals surface area (Å²) < 4.78 is 5.40. The maximum absolute atomic E-state index is 11.9. The third kappa shape index (κ3) is 5.15. The molecule has 1 aromatic rings.